The molecule has 1 unspecified atom stereocenters. The summed E-state index contributed by atoms with van der Waals surface area (Å²) >= 11 is 3.14. The Morgan fingerprint density at radius 2 is 2.00 bits per heavy atom. The van der Waals surface area contributed by atoms with Crippen molar-refractivity contribution in [3.63, 3.8) is 0 Å². The molecule has 5 nitrogen and oxygen atoms in total. The Morgan fingerprint density at radius 3 is 2.31 bits per heavy atom. The number of phenolic OH excluding ortho intramolecular Hbond substituents is 1. The molecule has 0 aromatic heterocycles. The van der Waals surface area contributed by atoms with Crippen molar-refractivity contribution < 1.29 is 13.9 Å². The summed E-state index contributed by atoms with van der Waals surface area (Å²) in [6.07, 6.45) is 0. The zero-order valence-electron chi connectivity index (χ0n) is 6.44. The number of benzene rings is 1. The first-order chi connectivity index (χ1) is 5.93. The van der Waals surface area contributed by atoms with Crippen molar-refractivity contribution in [2.24, 2.45) is 5.14 Å². The summed E-state index contributed by atoms with van der Waals surface area (Å²) in [5, 5.41) is 13.4. The number of nitrogen functional groups attached to an aromatic ring is 1. The molecule has 0 amide bonds. The summed E-state index contributed by atoms with van der Waals surface area (Å²) in [5.74, 6) is 0.0301. The van der Waals surface area contributed by atoms with Crippen LogP contribution in [0.2, 0.25) is 5.02 Å². The van der Waals surface area contributed by atoms with E-state index >= 15 is 0 Å². The third-order valence-electron chi connectivity index (χ3n) is 0.992. The van der Waals surface area contributed by atoms with Crippen LogP contribution in [0.15, 0.2) is 18.2 Å². The second-order valence-electron chi connectivity index (χ2n) is 1.96. The molecule has 74 valence electrons. The van der Waals surface area contributed by atoms with Crippen LogP contribution in [0.1, 0.15) is 0 Å². The molecular formula is C6H8ClN2O3S-. The van der Waals surface area contributed by atoms with Crippen LogP contribution in [0.25, 0.3) is 0 Å². The van der Waals surface area contributed by atoms with Gasteiger partial charge < -0.3 is 15.4 Å². The monoisotopic (exact) mass is 223 g/mol. The van der Waals surface area contributed by atoms with Gasteiger partial charge in [-0.1, -0.05) is 11.6 Å². The second-order valence-corrected chi connectivity index (χ2v) is 2.92. The van der Waals surface area contributed by atoms with Gasteiger partial charge in [-0.15, -0.1) is 0 Å². The maximum absolute atomic E-state index is 8.89. The molecule has 1 aromatic rings. The zero-order chi connectivity index (χ0) is 10.4. The molecule has 5 N–H and O–H groups in total. The number of anilines is 1. The van der Waals surface area contributed by atoms with E-state index in [1.807, 2.05) is 0 Å². The van der Waals surface area contributed by atoms with E-state index in [4.69, 9.17) is 31.2 Å². The zero-order valence-corrected chi connectivity index (χ0v) is 8.01. The highest BCUT2D eigenvalue weighted by Gasteiger charge is 1.94. The molecule has 0 aliphatic rings. The van der Waals surface area contributed by atoms with Crippen molar-refractivity contribution in [1.29, 1.82) is 0 Å². The van der Waals surface area contributed by atoms with Crippen molar-refractivity contribution in [2.75, 3.05) is 5.73 Å². The standard InChI is InChI=1S/C6H6ClNO.H3NO2S/c7-4-1-2-5(8)6(9)3-4;1-4(2)3/h1-3,9H,8H2;1H2,(H,2,3)/p-1. The molecule has 1 rings (SSSR count). The molecule has 0 fully saturated rings. The lowest BCUT2D eigenvalue weighted by atomic mass is 10.3. The fourth-order valence-corrected chi connectivity index (χ4v) is 0.683. The highest BCUT2D eigenvalue weighted by Crippen LogP contribution is 2.22. The highest BCUT2D eigenvalue weighted by atomic mass is 35.5. The van der Waals surface area contributed by atoms with Crippen LogP contribution in [0.5, 0.6) is 5.75 Å². The van der Waals surface area contributed by atoms with Gasteiger partial charge in [0.25, 0.3) is 0 Å². The van der Waals surface area contributed by atoms with E-state index in [-0.39, 0.29) is 5.75 Å². The first-order valence-electron chi connectivity index (χ1n) is 3.01. The predicted octanol–water partition coefficient (Wildman–Crippen LogP) is 0.367. The minimum atomic E-state index is -2.36. The average Bonchev–Trinajstić information content (AvgIpc) is 1.96. The molecule has 7 heteroatoms. The number of halogens is 1. The van der Waals surface area contributed by atoms with Gasteiger partial charge in [-0.3, -0.25) is 9.35 Å². The van der Waals surface area contributed by atoms with E-state index < -0.39 is 11.3 Å². The summed E-state index contributed by atoms with van der Waals surface area (Å²) in [6.45, 7) is 0. The van der Waals surface area contributed by atoms with Gasteiger partial charge in [-0.2, -0.15) is 0 Å². The van der Waals surface area contributed by atoms with Crippen molar-refractivity contribution in [2.45, 2.75) is 0 Å². The summed E-state index contributed by atoms with van der Waals surface area (Å²) in [4.78, 5) is 0. The third-order valence-corrected chi connectivity index (χ3v) is 1.23. The van der Waals surface area contributed by atoms with Crippen LogP contribution in [-0.2, 0) is 11.3 Å². The summed E-state index contributed by atoms with van der Waals surface area (Å²) in [5.41, 5.74) is 5.63. The smallest absolute Gasteiger partial charge is 0.139 e. The fourth-order valence-electron chi connectivity index (χ4n) is 0.517. The molecule has 0 bridgehead atoms. The fraction of sp³-hybridized carbons (Fsp3) is 0. The lowest BCUT2D eigenvalue weighted by molar-refractivity contribution is 0.478. The van der Waals surface area contributed by atoms with Crippen molar-refractivity contribution in [1.82, 2.24) is 0 Å². The van der Waals surface area contributed by atoms with E-state index in [0.717, 1.165) is 0 Å². The van der Waals surface area contributed by atoms with E-state index in [2.05, 4.69) is 5.14 Å². The minimum absolute atomic E-state index is 0.0301. The molecule has 0 aliphatic carbocycles. The van der Waals surface area contributed by atoms with E-state index in [1.54, 1.807) is 12.1 Å². The van der Waals surface area contributed by atoms with Gasteiger partial charge in [-0.05, 0) is 12.1 Å². The molecule has 0 aliphatic heterocycles. The maximum atomic E-state index is 8.89. The maximum Gasteiger partial charge on any atom is 0.139 e. The molecular weight excluding hydrogens is 216 g/mol. The largest absolute Gasteiger partial charge is 0.760 e. The lowest BCUT2D eigenvalue weighted by Gasteiger charge is -1.95. The Kier molecular flexibility index (Phi) is 5.40. The molecule has 0 heterocycles. The Bertz CT molecular complexity index is 304. The Hall–Kier alpha value is -0.820. The number of phenols is 1. The van der Waals surface area contributed by atoms with Gasteiger partial charge in [0.2, 0.25) is 0 Å². The van der Waals surface area contributed by atoms with Crippen LogP contribution in [-0.4, -0.2) is 13.9 Å². The molecule has 13 heavy (non-hydrogen) atoms. The first-order valence-corrected chi connectivity index (χ1v) is 4.52. The Morgan fingerprint density at radius 1 is 1.54 bits per heavy atom. The molecule has 1 atom stereocenters. The minimum Gasteiger partial charge on any atom is -0.760 e. The van der Waals surface area contributed by atoms with Crippen LogP contribution in [0, 0.1) is 0 Å². The van der Waals surface area contributed by atoms with Gasteiger partial charge in [0, 0.05) is 22.4 Å². The SMILES string of the molecule is NS(=O)[O-].Nc1ccc(Cl)cc1O. The molecule has 0 saturated heterocycles. The Labute approximate surface area is 82.7 Å². The van der Waals surface area contributed by atoms with Gasteiger partial charge in [-0.25, -0.2) is 0 Å². The van der Waals surface area contributed by atoms with Crippen LogP contribution in [0.4, 0.5) is 5.69 Å². The van der Waals surface area contributed by atoms with Crippen molar-refractivity contribution in [3.05, 3.63) is 23.2 Å². The number of nitrogens with two attached hydrogens (primary N) is 2. The van der Waals surface area contributed by atoms with E-state index in [1.165, 1.54) is 6.07 Å². The van der Waals surface area contributed by atoms with Crippen molar-refractivity contribution >= 4 is 28.6 Å². The highest BCUT2D eigenvalue weighted by molar-refractivity contribution is 7.76. The van der Waals surface area contributed by atoms with Gasteiger partial charge >= 0.3 is 0 Å². The first kappa shape index (κ1) is 12.2. The molecule has 0 spiro atoms. The van der Waals surface area contributed by atoms with E-state index in [0.29, 0.717) is 10.7 Å². The summed E-state index contributed by atoms with van der Waals surface area (Å²) in [7, 11) is 0. The number of hydrogen-bond acceptors (Lipinski definition) is 4. The predicted molar refractivity (Wildman–Crippen MR) is 50.6 cm³/mol. The quantitative estimate of drug-likeness (QED) is 0.335. The molecule has 0 saturated carbocycles. The number of rotatable bonds is 0. The lowest BCUT2D eigenvalue weighted by Crippen LogP contribution is -1.97. The van der Waals surface area contributed by atoms with Gasteiger partial charge in [0.1, 0.15) is 5.75 Å². The summed E-state index contributed by atoms with van der Waals surface area (Å²) < 4.78 is 17.6. The molecule has 0 radical (unpaired) electrons. The number of hydrogen-bond donors (Lipinski definition) is 3. The number of aromatic hydroxyl groups is 1. The van der Waals surface area contributed by atoms with Gasteiger partial charge in [0.05, 0.1) is 5.69 Å². The second kappa shape index (κ2) is 5.76. The van der Waals surface area contributed by atoms with Crippen LogP contribution in [0.3, 0.4) is 0 Å². The third kappa shape index (κ3) is 6.35. The van der Waals surface area contributed by atoms with Gasteiger partial charge in [0.15, 0.2) is 0 Å². The van der Waals surface area contributed by atoms with Crippen LogP contribution >= 0.6 is 11.6 Å². The average molecular weight is 224 g/mol. The van der Waals surface area contributed by atoms with E-state index in [9.17, 15) is 0 Å². The molecule has 1 aromatic carbocycles. The topological polar surface area (TPSA) is 112 Å². The van der Waals surface area contributed by atoms with Crippen LogP contribution < -0.4 is 10.9 Å². The normalized spacial score (nSPS) is 11.3. The Balaban J connectivity index is 0.000000310. The summed E-state index contributed by atoms with van der Waals surface area (Å²) in [6, 6.07) is 4.57. The van der Waals surface area contributed by atoms with Crippen molar-refractivity contribution in [3.8, 4) is 5.75 Å².